The van der Waals surface area contributed by atoms with Crippen LogP contribution in [0.2, 0.25) is 0 Å². The van der Waals surface area contributed by atoms with Crippen LogP contribution in [0.25, 0.3) is 10.9 Å². The van der Waals surface area contributed by atoms with E-state index >= 15 is 0 Å². The maximum Gasteiger partial charge on any atom is 0.0705 e. The molecule has 1 aromatic heterocycles. The summed E-state index contributed by atoms with van der Waals surface area (Å²) in [6.45, 7) is 10.9. The molecular formula is C17H23N3. The van der Waals surface area contributed by atoms with Gasteiger partial charge in [-0.2, -0.15) is 0 Å². The fourth-order valence-corrected chi connectivity index (χ4v) is 2.91. The highest BCUT2D eigenvalue weighted by Gasteiger charge is 2.29. The Kier molecular flexibility index (Phi) is 3.48. The topological polar surface area (TPSA) is 28.2 Å². The Balaban J connectivity index is 1.85. The molecule has 3 rings (SSSR count). The highest BCUT2D eigenvalue weighted by Crippen LogP contribution is 2.21. The van der Waals surface area contributed by atoms with Crippen molar-refractivity contribution in [3.63, 3.8) is 0 Å². The summed E-state index contributed by atoms with van der Waals surface area (Å²) in [6, 6.07) is 10.9. The molecule has 0 atom stereocenters. The highest BCUT2D eigenvalue weighted by atomic mass is 15.2. The van der Waals surface area contributed by atoms with Crippen molar-refractivity contribution in [2.45, 2.75) is 32.9 Å². The van der Waals surface area contributed by atoms with Crippen LogP contribution in [-0.2, 0) is 6.54 Å². The zero-order valence-electron chi connectivity index (χ0n) is 12.6. The molecule has 106 valence electrons. The van der Waals surface area contributed by atoms with Crippen LogP contribution >= 0.6 is 0 Å². The van der Waals surface area contributed by atoms with Crippen LogP contribution in [0.5, 0.6) is 0 Å². The molecule has 0 radical (unpaired) electrons. The third-order valence-electron chi connectivity index (χ3n) is 4.24. The van der Waals surface area contributed by atoms with Crippen molar-refractivity contribution in [1.29, 1.82) is 0 Å². The lowest BCUT2D eigenvalue weighted by Gasteiger charge is -2.43. The molecule has 0 amide bonds. The molecule has 2 aromatic rings. The lowest BCUT2D eigenvalue weighted by molar-refractivity contribution is 0.0828. The van der Waals surface area contributed by atoms with Crippen molar-refractivity contribution in [3.05, 3.63) is 41.6 Å². The molecule has 1 aliphatic rings. The summed E-state index contributed by atoms with van der Waals surface area (Å²) < 4.78 is 0. The van der Waals surface area contributed by atoms with Gasteiger partial charge in [-0.1, -0.05) is 12.1 Å². The van der Waals surface area contributed by atoms with E-state index in [1.807, 2.05) is 6.92 Å². The first-order valence-corrected chi connectivity index (χ1v) is 7.37. The molecule has 1 aromatic carbocycles. The fraction of sp³-hybridized carbons (Fsp3) is 0.471. The molecule has 0 spiro atoms. The van der Waals surface area contributed by atoms with Gasteiger partial charge in [0.15, 0.2) is 0 Å². The minimum Gasteiger partial charge on any atom is -0.314 e. The number of pyridine rings is 1. The molecule has 1 N–H and O–H groups in total. The molecule has 3 heteroatoms. The molecule has 20 heavy (non-hydrogen) atoms. The van der Waals surface area contributed by atoms with E-state index in [-0.39, 0.29) is 5.54 Å². The molecule has 0 bridgehead atoms. The summed E-state index contributed by atoms with van der Waals surface area (Å²) in [5.41, 5.74) is 3.76. The Bertz CT molecular complexity index is 619. The number of hydrogen-bond acceptors (Lipinski definition) is 3. The molecule has 3 nitrogen and oxygen atoms in total. The maximum atomic E-state index is 4.57. The van der Waals surface area contributed by atoms with Gasteiger partial charge in [-0.05, 0) is 44.5 Å². The van der Waals surface area contributed by atoms with Crippen LogP contribution in [-0.4, -0.2) is 35.1 Å². The number of nitrogens with zero attached hydrogens (tertiary/aromatic N) is 2. The SMILES string of the molecule is Cc1ccc2cc(CN3CCNCC3(C)C)ccc2n1. The van der Waals surface area contributed by atoms with Gasteiger partial charge in [-0.3, -0.25) is 9.88 Å². The zero-order chi connectivity index (χ0) is 14.2. The third-order valence-corrected chi connectivity index (χ3v) is 4.24. The third kappa shape index (κ3) is 2.69. The molecule has 0 unspecified atom stereocenters. The van der Waals surface area contributed by atoms with Crippen LogP contribution in [0.4, 0.5) is 0 Å². The first kappa shape index (κ1) is 13.5. The number of fused-ring (bicyclic) bond motifs is 1. The zero-order valence-corrected chi connectivity index (χ0v) is 12.6. The Morgan fingerprint density at radius 2 is 2.10 bits per heavy atom. The van der Waals surface area contributed by atoms with Crippen LogP contribution in [0, 0.1) is 6.92 Å². The van der Waals surface area contributed by atoms with Gasteiger partial charge in [-0.25, -0.2) is 0 Å². The summed E-state index contributed by atoms with van der Waals surface area (Å²) in [6.07, 6.45) is 0. The number of nitrogens with one attached hydrogen (secondary N) is 1. The Morgan fingerprint density at radius 1 is 1.25 bits per heavy atom. The normalized spacial score (nSPS) is 19.4. The lowest BCUT2D eigenvalue weighted by atomic mass is 9.99. The number of piperazine rings is 1. The Morgan fingerprint density at radius 3 is 2.90 bits per heavy atom. The standard InChI is InChI=1S/C17H23N3/c1-13-4-6-15-10-14(5-7-16(15)19-13)11-20-9-8-18-12-17(20,2)3/h4-7,10,18H,8-9,11-12H2,1-3H3. The first-order chi connectivity index (χ1) is 9.54. The van der Waals surface area contributed by atoms with E-state index in [0.29, 0.717) is 0 Å². The molecule has 2 heterocycles. The summed E-state index contributed by atoms with van der Waals surface area (Å²) in [4.78, 5) is 7.13. The van der Waals surface area contributed by atoms with Gasteiger partial charge in [0.25, 0.3) is 0 Å². The number of hydrogen-bond donors (Lipinski definition) is 1. The molecule has 1 saturated heterocycles. The second kappa shape index (κ2) is 5.15. The minimum absolute atomic E-state index is 0.221. The van der Waals surface area contributed by atoms with E-state index in [9.17, 15) is 0 Å². The predicted octanol–water partition coefficient (Wildman–Crippen LogP) is 2.73. The van der Waals surface area contributed by atoms with Gasteiger partial charge < -0.3 is 5.32 Å². The molecule has 1 fully saturated rings. The maximum absolute atomic E-state index is 4.57. The second-order valence-electron chi connectivity index (χ2n) is 6.39. The molecule has 0 aliphatic carbocycles. The quantitative estimate of drug-likeness (QED) is 0.908. The van der Waals surface area contributed by atoms with E-state index in [0.717, 1.165) is 37.4 Å². The monoisotopic (exact) mass is 269 g/mol. The molecular weight excluding hydrogens is 246 g/mol. The number of aromatic nitrogens is 1. The van der Waals surface area contributed by atoms with Crippen LogP contribution < -0.4 is 5.32 Å². The number of benzene rings is 1. The average Bonchev–Trinajstić information content (AvgIpc) is 2.41. The Labute approximate surface area is 121 Å². The van der Waals surface area contributed by atoms with Crippen molar-refractivity contribution in [1.82, 2.24) is 15.2 Å². The predicted molar refractivity (Wildman–Crippen MR) is 83.8 cm³/mol. The van der Waals surface area contributed by atoms with Crippen molar-refractivity contribution in [2.24, 2.45) is 0 Å². The van der Waals surface area contributed by atoms with Crippen LogP contribution in [0.3, 0.4) is 0 Å². The van der Waals surface area contributed by atoms with Crippen molar-refractivity contribution < 1.29 is 0 Å². The smallest absolute Gasteiger partial charge is 0.0705 e. The van der Waals surface area contributed by atoms with E-state index in [1.165, 1.54) is 10.9 Å². The van der Waals surface area contributed by atoms with Gasteiger partial charge >= 0.3 is 0 Å². The van der Waals surface area contributed by atoms with Crippen LogP contribution in [0.1, 0.15) is 25.1 Å². The van der Waals surface area contributed by atoms with E-state index in [1.54, 1.807) is 0 Å². The van der Waals surface area contributed by atoms with Crippen molar-refractivity contribution in [3.8, 4) is 0 Å². The van der Waals surface area contributed by atoms with Gasteiger partial charge in [0, 0.05) is 42.8 Å². The van der Waals surface area contributed by atoms with E-state index in [4.69, 9.17) is 0 Å². The summed E-state index contributed by atoms with van der Waals surface area (Å²) >= 11 is 0. The van der Waals surface area contributed by atoms with Crippen molar-refractivity contribution in [2.75, 3.05) is 19.6 Å². The molecule has 1 aliphatic heterocycles. The summed E-state index contributed by atoms with van der Waals surface area (Å²) in [7, 11) is 0. The molecule has 0 saturated carbocycles. The second-order valence-corrected chi connectivity index (χ2v) is 6.39. The average molecular weight is 269 g/mol. The van der Waals surface area contributed by atoms with Crippen molar-refractivity contribution >= 4 is 10.9 Å². The van der Waals surface area contributed by atoms with Gasteiger partial charge in [0.05, 0.1) is 5.52 Å². The summed E-state index contributed by atoms with van der Waals surface area (Å²) in [5.74, 6) is 0. The lowest BCUT2D eigenvalue weighted by Crippen LogP contribution is -2.57. The van der Waals surface area contributed by atoms with Gasteiger partial charge in [-0.15, -0.1) is 0 Å². The van der Waals surface area contributed by atoms with Gasteiger partial charge in [0.2, 0.25) is 0 Å². The van der Waals surface area contributed by atoms with E-state index < -0.39 is 0 Å². The number of aryl methyl sites for hydroxylation is 1. The van der Waals surface area contributed by atoms with E-state index in [2.05, 4.69) is 59.4 Å². The van der Waals surface area contributed by atoms with Crippen LogP contribution in [0.15, 0.2) is 30.3 Å². The minimum atomic E-state index is 0.221. The first-order valence-electron chi connectivity index (χ1n) is 7.37. The largest absolute Gasteiger partial charge is 0.314 e. The fourth-order valence-electron chi connectivity index (χ4n) is 2.91. The van der Waals surface area contributed by atoms with Gasteiger partial charge in [0.1, 0.15) is 0 Å². The number of rotatable bonds is 2. The summed E-state index contributed by atoms with van der Waals surface area (Å²) in [5, 5.41) is 4.71. The highest BCUT2D eigenvalue weighted by molar-refractivity contribution is 5.79. The Hall–Kier alpha value is -1.45.